The van der Waals surface area contributed by atoms with Crippen LogP contribution >= 0.6 is 11.3 Å². The van der Waals surface area contributed by atoms with Gasteiger partial charge in [0.25, 0.3) is 0 Å². The molecule has 1 aliphatic rings. The third kappa shape index (κ3) is 1.94. The first-order valence-corrected chi connectivity index (χ1v) is 5.72. The molecule has 1 aliphatic heterocycles. The zero-order chi connectivity index (χ0) is 11.7. The Morgan fingerprint density at radius 2 is 2.12 bits per heavy atom. The molecule has 16 heavy (non-hydrogen) atoms. The summed E-state index contributed by atoms with van der Waals surface area (Å²) >= 11 is 1.44. The molecule has 0 aromatic carbocycles. The predicted octanol–water partition coefficient (Wildman–Crippen LogP) is 0.937. The Balaban J connectivity index is 2.23. The Morgan fingerprint density at radius 3 is 2.62 bits per heavy atom. The summed E-state index contributed by atoms with van der Waals surface area (Å²) in [6.07, 6.45) is 0.132. The zero-order valence-electron chi connectivity index (χ0n) is 8.29. The van der Waals surface area contributed by atoms with Crippen molar-refractivity contribution in [3.05, 3.63) is 22.4 Å². The predicted molar refractivity (Wildman–Crippen MR) is 57.4 cm³/mol. The number of aliphatic carboxylic acids is 2. The van der Waals surface area contributed by atoms with Gasteiger partial charge in [0, 0.05) is 4.88 Å². The topological polar surface area (TPSA) is 86.6 Å². The molecule has 2 heterocycles. The van der Waals surface area contributed by atoms with Crippen molar-refractivity contribution in [3.63, 3.8) is 0 Å². The Hall–Kier alpha value is -1.40. The molecule has 5 nitrogen and oxygen atoms in total. The molecule has 0 radical (unpaired) electrons. The van der Waals surface area contributed by atoms with Crippen molar-refractivity contribution in [2.75, 3.05) is 0 Å². The maximum absolute atomic E-state index is 11.0. The molecule has 0 saturated carbocycles. The molecule has 3 N–H and O–H groups in total. The molecule has 1 aromatic heterocycles. The average Bonchev–Trinajstić information content (AvgIpc) is 2.86. The largest absolute Gasteiger partial charge is 0.481 e. The van der Waals surface area contributed by atoms with E-state index in [4.69, 9.17) is 10.2 Å². The van der Waals surface area contributed by atoms with Crippen LogP contribution < -0.4 is 5.32 Å². The number of rotatable bonds is 3. The van der Waals surface area contributed by atoms with Crippen LogP contribution in [0.1, 0.15) is 17.3 Å². The van der Waals surface area contributed by atoms with E-state index in [9.17, 15) is 9.59 Å². The fourth-order valence-corrected chi connectivity index (χ4v) is 2.81. The summed E-state index contributed by atoms with van der Waals surface area (Å²) in [7, 11) is 0. The van der Waals surface area contributed by atoms with E-state index < -0.39 is 29.9 Å². The van der Waals surface area contributed by atoms with Gasteiger partial charge in [0.05, 0.1) is 12.0 Å². The number of carboxylic acids is 2. The molecular formula is C10H11NO4S. The van der Waals surface area contributed by atoms with Gasteiger partial charge in [-0.15, -0.1) is 11.3 Å². The first-order valence-electron chi connectivity index (χ1n) is 4.84. The molecule has 0 amide bonds. The van der Waals surface area contributed by atoms with E-state index in [2.05, 4.69) is 5.32 Å². The second-order valence-corrected chi connectivity index (χ2v) is 4.71. The Labute approximate surface area is 95.7 Å². The number of carbonyl (C=O) groups is 2. The van der Waals surface area contributed by atoms with Crippen LogP contribution in [-0.2, 0) is 9.59 Å². The summed E-state index contributed by atoms with van der Waals surface area (Å²) in [5.74, 6) is -2.61. The summed E-state index contributed by atoms with van der Waals surface area (Å²) in [5.41, 5.74) is 0. The number of thiophene rings is 1. The van der Waals surface area contributed by atoms with Crippen molar-refractivity contribution in [3.8, 4) is 0 Å². The maximum Gasteiger partial charge on any atom is 0.320 e. The fraction of sp³-hybridized carbons (Fsp3) is 0.400. The average molecular weight is 241 g/mol. The van der Waals surface area contributed by atoms with Gasteiger partial charge in [-0.1, -0.05) is 6.07 Å². The maximum atomic E-state index is 11.0. The fourth-order valence-electron chi connectivity index (χ4n) is 1.96. The lowest BCUT2D eigenvalue weighted by molar-refractivity contribution is -0.142. The number of hydrogen-bond donors (Lipinski definition) is 3. The quantitative estimate of drug-likeness (QED) is 0.733. The Bertz CT molecular complexity index is 403. The van der Waals surface area contributed by atoms with Gasteiger partial charge in [0.15, 0.2) is 0 Å². The molecule has 1 fully saturated rings. The van der Waals surface area contributed by atoms with E-state index in [1.54, 1.807) is 0 Å². The molecule has 1 aromatic rings. The van der Waals surface area contributed by atoms with E-state index in [0.29, 0.717) is 0 Å². The van der Waals surface area contributed by atoms with E-state index >= 15 is 0 Å². The van der Waals surface area contributed by atoms with Crippen LogP contribution in [0.2, 0.25) is 0 Å². The van der Waals surface area contributed by atoms with Crippen LogP contribution in [-0.4, -0.2) is 28.2 Å². The van der Waals surface area contributed by atoms with Crippen molar-refractivity contribution in [1.29, 1.82) is 0 Å². The van der Waals surface area contributed by atoms with Gasteiger partial charge >= 0.3 is 11.9 Å². The second kappa shape index (κ2) is 4.23. The third-order valence-corrected chi connectivity index (χ3v) is 3.69. The van der Waals surface area contributed by atoms with Crippen LogP contribution in [0.5, 0.6) is 0 Å². The summed E-state index contributed by atoms with van der Waals surface area (Å²) in [6.45, 7) is 0. The van der Waals surface area contributed by atoms with E-state index in [1.807, 2.05) is 17.5 Å². The van der Waals surface area contributed by atoms with Crippen molar-refractivity contribution in [2.24, 2.45) is 5.92 Å². The van der Waals surface area contributed by atoms with Crippen LogP contribution in [0.3, 0.4) is 0 Å². The SMILES string of the molecule is O=C(O)C1CC(C(=O)O)C(c2cccs2)N1. The van der Waals surface area contributed by atoms with Gasteiger partial charge in [0.1, 0.15) is 6.04 Å². The summed E-state index contributed by atoms with van der Waals surface area (Å²) in [6, 6.07) is 2.49. The minimum absolute atomic E-state index is 0.132. The molecule has 3 atom stereocenters. The molecule has 1 saturated heterocycles. The van der Waals surface area contributed by atoms with Gasteiger partial charge in [-0.25, -0.2) is 0 Å². The van der Waals surface area contributed by atoms with Crippen molar-refractivity contribution >= 4 is 23.3 Å². The number of carboxylic acid groups (broad SMARTS) is 2. The van der Waals surface area contributed by atoms with Gasteiger partial charge in [0.2, 0.25) is 0 Å². The third-order valence-electron chi connectivity index (χ3n) is 2.74. The molecule has 2 rings (SSSR count). The molecule has 86 valence electrons. The van der Waals surface area contributed by atoms with E-state index in [0.717, 1.165) is 4.88 Å². The molecular weight excluding hydrogens is 230 g/mol. The van der Waals surface area contributed by atoms with Gasteiger partial charge in [-0.2, -0.15) is 0 Å². The highest BCUT2D eigenvalue weighted by Gasteiger charge is 2.42. The van der Waals surface area contributed by atoms with Crippen molar-refractivity contribution < 1.29 is 19.8 Å². The van der Waals surface area contributed by atoms with Gasteiger partial charge in [-0.3, -0.25) is 14.9 Å². The molecule has 0 bridgehead atoms. The van der Waals surface area contributed by atoms with E-state index in [1.165, 1.54) is 11.3 Å². The molecule has 3 unspecified atom stereocenters. The zero-order valence-corrected chi connectivity index (χ0v) is 9.11. The highest BCUT2D eigenvalue weighted by molar-refractivity contribution is 7.10. The lowest BCUT2D eigenvalue weighted by Gasteiger charge is -2.13. The highest BCUT2D eigenvalue weighted by Crippen LogP contribution is 2.35. The smallest absolute Gasteiger partial charge is 0.320 e. The Kier molecular flexibility index (Phi) is 2.93. The Morgan fingerprint density at radius 1 is 1.38 bits per heavy atom. The monoisotopic (exact) mass is 241 g/mol. The van der Waals surface area contributed by atoms with E-state index in [-0.39, 0.29) is 6.42 Å². The second-order valence-electron chi connectivity index (χ2n) is 3.73. The van der Waals surface area contributed by atoms with Crippen molar-refractivity contribution in [1.82, 2.24) is 5.32 Å². The van der Waals surface area contributed by atoms with Crippen molar-refractivity contribution in [2.45, 2.75) is 18.5 Å². The number of hydrogen-bond acceptors (Lipinski definition) is 4. The normalized spacial score (nSPS) is 29.1. The van der Waals surface area contributed by atoms with Crippen LogP contribution in [0.15, 0.2) is 17.5 Å². The summed E-state index contributed by atoms with van der Waals surface area (Å²) in [4.78, 5) is 22.8. The first kappa shape index (κ1) is 11.1. The lowest BCUT2D eigenvalue weighted by atomic mass is 9.98. The molecule has 0 aliphatic carbocycles. The molecule has 0 spiro atoms. The first-order chi connectivity index (χ1) is 7.59. The summed E-state index contributed by atoms with van der Waals surface area (Å²) in [5, 5.41) is 22.6. The van der Waals surface area contributed by atoms with Crippen LogP contribution in [0.25, 0.3) is 0 Å². The number of nitrogens with one attached hydrogen (secondary N) is 1. The van der Waals surface area contributed by atoms with Gasteiger partial charge < -0.3 is 10.2 Å². The minimum atomic E-state index is -0.995. The van der Waals surface area contributed by atoms with Crippen LogP contribution in [0, 0.1) is 5.92 Å². The minimum Gasteiger partial charge on any atom is -0.481 e. The lowest BCUT2D eigenvalue weighted by Crippen LogP contribution is -2.31. The standard InChI is InChI=1S/C10H11NO4S/c12-9(13)5-4-6(10(14)15)11-8(5)7-2-1-3-16-7/h1-3,5-6,8,11H,4H2,(H,12,13)(H,14,15). The van der Waals surface area contributed by atoms with Gasteiger partial charge in [-0.05, 0) is 17.9 Å². The summed E-state index contributed by atoms with van der Waals surface area (Å²) < 4.78 is 0. The highest BCUT2D eigenvalue weighted by atomic mass is 32.1. The molecule has 6 heteroatoms. The van der Waals surface area contributed by atoms with Crippen LogP contribution in [0.4, 0.5) is 0 Å².